The van der Waals surface area contributed by atoms with Crippen molar-refractivity contribution >= 4 is 0 Å². The number of rotatable bonds is 2. The number of hydrogen-bond donors (Lipinski definition) is 1. The van der Waals surface area contributed by atoms with Crippen molar-refractivity contribution in [2.24, 2.45) is 0 Å². The quantitative estimate of drug-likeness (QED) is 0.518. The molecule has 0 spiro atoms. The predicted octanol–water partition coefficient (Wildman–Crippen LogP) is 2.21. The molecule has 2 nitrogen and oxygen atoms in total. The Morgan fingerprint density at radius 1 is 1.36 bits per heavy atom. The van der Waals surface area contributed by atoms with Gasteiger partial charge in [-0.1, -0.05) is 24.3 Å². The monoisotopic (exact) mass is 151 g/mol. The third kappa shape index (κ3) is 1.79. The van der Waals surface area contributed by atoms with Gasteiger partial charge < -0.3 is 0 Å². The maximum Gasteiger partial charge on any atom is 0.123 e. The van der Waals surface area contributed by atoms with E-state index in [1.807, 2.05) is 12.1 Å². The van der Waals surface area contributed by atoms with Gasteiger partial charge in [0.1, 0.15) is 5.60 Å². The Bertz CT molecular complexity index is 216. The molecule has 0 aliphatic carbocycles. The minimum absolute atomic E-state index is 0.630. The smallest absolute Gasteiger partial charge is 0.123 e. The first-order valence-electron chi connectivity index (χ1n) is 3.46. The van der Waals surface area contributed by atoms with Crippen LogP contribution in [0.25, 0.3) is 0 Å². The summed E-state index contributed by atoms with van der Waals surface area (Å²) in [6.07, 6.45) is 0. The van der Waals surface area contributed by atoms with Gasteiger partial charge in [-0.2, -0.15) is 0 Å². The molecule has 0 atom stereocenters. The molecule has 1 aromatic rings. The Morgan fingerprint density at radius 3 is 2.36 bits per heavy atom. The molecular weight excluding hydrogens is 140 g/mol. The van der Waals surface area contributed by atoms with E-state index in [0.717, 1.165) is 5.56 Å². The van der Waals surface area contributed by atoms with Gasteiger partial charge in [0, 0.05) is 0 Å². The Hall–Kier alpha value is -0.860. The van der Waals surface area contributed by atoms with Crippen LogP contribution < -0.4 is 0 Å². The first-order valence-corrected chi connectivity index (χ1v) is 3.46. The van der Waals surface area contributed by atoms with Gasteiger partial charge in [0.25, 0.3) is 0 Å². The zero-order valence-corrected chi connectivity index (χ0v) is 6.66. The standard InChI is InChI=1S/C9H11O2/c1-9(2,11-10)8-6-4-3-5-7-8/h4-7,10H,1-2H3. The second-order valence-electron chi connectivity index (χ2n) is 2.89. The fourth-order valence-corrected chi connectivity index (χ4v) is 0.841. The summed E-state index contributed by atoms with van der Waals surface area (Å²) in [7, 11) is 0. The normalized spacial score (nSPS) is 11.5. The highest BCUT2D eigenvalue weighted by Gasteiger charge is 2.20. The average Bonchev–Trinajstić information content (AvgIpc) is 2.06. The molecule has 0 aliphatic rings. The zero-order chi connectivity index (χ0) is 8.32. The molecule has 2 heteroatoms. The van der Waals surface area contributed by atoms with E-state index in [0.29, 0.717) is 0 Å². The van der Waals surface area contributed by atoms with E-state index in [-0.39, 0.29) is 0 Å². The first-order chi connectivity index (χ1) is 5.17. The van der Waals surface area contributed by atoms with E-state index < -0.39 is 5.60 Å². The highest BCUT2D eigenvalue weighted by atomic mass is 17.1. The van der Waals surface area contributed by atoms with Crippen LogP contribution in [0.5, 0.6) is 0 Å². The fourth-order valence-electron chi connectivity index (χ4n) is 0.841. The van der Waals surface area contributed by atoms with E-state index in [9.17, 15) is 0 Å². The molecule has 1 radical (unpaired) electrons. The average molecular weight is 151 g/mol. The Kier molecular flexibility index (Phi) is 2.27. The van der Waals surface area contributed by atoms with E-state index in [2.05, 4.69) is 11.0 Å². The molecule has 0 aliphatic heterocycles. The topological polar surface area (TPSA) is 29.5 Å². The lowest BCUT2D eigenvalue weighted by Gasteiger charge is -2.20. The van der Waals surface area contributed by atoms with Crippen molar-refractivity contribution < 1.29 is 10.1 Å². The van der Waals surface area contributed by atoms with Crippen molar-refractivity contribution in [3.63, 3.8) is 0 Å². The molecule has 0 aromatic heterocycles. The molecule has 0 saturated carbocycles. The maximum absolute atomic E-state index is 8.54. The maximum atomic E-state index is 8.54. The summed E-state index contributed by atoms with van der Waals surface area (Å²) in [5.74, 6) is 0. The second kappa shape index (κ2) is 3.03. The van der Waals surface area contributed by atoms with Gasteiger partial charge in [-0.25, -0.2) is 4.89 Å². The van der Waals surface area contributed by atoms with Crippen molar-refractivity contribution in [3.8, 4) is 0 Å². The van der Waals surface area contributed by atoms with E-state index in [4.69, 9.17) is 5.26 Å². The molecule has 1 aromatic carbocycles. The molecule has 0 fully saturated rings. The van der Waals surface area contributed by atoms with Gasteiger partial charge in [-0.15, -0.1) is 0 Å². The number of benzene rings is 1. The van der Waals surface area contributed by atoms with E-state index >= 15 is 0 Å². The van der Waals surface area contributed by atoms with Crippen LogP contribution in [0.3, 0.4) is 0 Å². The van der Waals surface area contributed by atoms with Crippen molar-refractivity contribution in [2.75, 3.05) is 0 Å². The molecule has 1 N–H and O–H groups in total. The van der Waals surface area contributed by atoms with Crippen LogP contribution >= 0.6 is 0 Å². The minimum Gasteiger partial charge on any atom is -0.251 e. The summed E-state index contributed by atoms with van der Waals surface area (Å²) in [6, 6.07) is 10.2. The van der Waals surface area contributed by atoms with E-state index in [1.165, 1.54) is 0 Å². The Labute approximate surface area is 66.4 Å². The van der Waals surface area contributed by atoms with Gasteiger partial charge in [0.05, 0.1) is 0 Å². The van der Waals surface area contributed by atoms with Crippen LogP contribution in [0.1, 0.15) is 19.4 Å². The summed E-state index contributed by atoms with van der Waals surface area (Å²) in [5, 5.41) is 8.54. The Balaban J connectivity index is 2.93. The summed E-state index contributed by atoms with van der Waals surface area (Å²) in [4.78, 5) is 4.31. The van der Waals surface area contributed by atoms with Gasteiger partial charge in [-0.3, -0.25) is 5.26 Å². The first kappa shape index (κ1) is 8.24. The van der Waals surface area contributed by atoms with Gasteiger partial charge in [-0.05, 0) is 25.5 Å². The number of hydrogen-bond acceptors (Lipinski definition) is 2. The molecule has 0 saturated heterocycles. The van der Waals surface area contributed by atoms with Crippen LogP contribution in [0.4, 0.5) is 0 Å². The molecule has 0 bridgehead atoms. The molecule has 0 unspecified atom stereocenters. The van der Waals surface area contributed by atoms with Gasteiger partial charge >= 0.3 is 0 Å². The molecule has 59 valence electrons. The molecule has 1 rings (SSSR count). The van der Waals surface area contributed by atoms with Gasteiger partial charge in [0.15, 0.2) is 0 Å². The van der Waals surface area contributed by atoms with Crippen molar-refractivity contribution in [2.45, 2.75) is 19.4 Å². The summed E-state index contributed by atoms with van der Waals surface area (Å²) in [5.41, 5.74) is 0.300. The minimum atomic E-state index is -0.630. The highest BCUT2D eigenvalue weighted by Crippen LogP contribution is 2.22. The van der Waals surface area contributed by atoms with Crippen molar-refractivity contribution in [1.82, 2.24) is 0 Å². The van der Waals surface area contributed by atoms with E-state index in [1.54, 1.807) is 26.0 Å². The van der Waals surface area contributed by atoms with Crippen LogP contribution in [0.15, 0.2) is 24.3 Å². The lowest BCUT2D eigenvalue weighted by molar-refractivity contribution is -0.318. The summed E-state index contributed by atoms with van der Waals surface area (Å²) >= 11 is 0. The van der Waals surface area contributed by atoms with Crippen LogP contribution in [-0.2, 0) is 10.5 Å². The van der Waals surface area contributed by atoms with Crippen molar-refractivity contribution in [3.05, 3.63) is 35.9 Å². The lowest BCUT2D eigenvalue weighted by Crippen LogP contribution is -2.19. The SMILES string of the molecule is CC(C)(OO)c1cc[c]cc1. The van der Waals surface area contributed by atoms with Crippen molar-refractivity contribution in [1.29, 1.82) is 0 Å². The second-order valence-corrected chi connectivity index (χ2v) is 2.89. The molecule has 11 heavy (non-hydrogen) atoms. The molecule has 0 amide bonds. The fraction of sp³-hybridized carbons (Fsp3) is 0.333. The molecule has 0 heterocycles. The zero-order valence-electron chi connectivity index (χ0n) is 6.66. The molecular formula is C9H11O2. The summed E-state index contributed by atoms with van der Waals surface area (Å²) < 4.78 is 0. The van der Waals surface area contributed by atoms with Crippen LogP contribution in [0, 0.1) is 6.07 Å². The largest absolute Gasteiger partial charge is 0.251 e. The summed E-state index contributed by atoms with van der Waals surface area (Å²) in [6.45, 7) is 3.59. The Morgan fingerprint density at radius 2 is 1.91 bits per heavy atom. The lowest BCUT2D eigenvalue weighted by atomic mass is 9.99. The van der Waals surface area contributed by atoms with Crippen LogP contribution in [-0.4, -0.2) is 5.26 Å². The third-order valence-corrected chi connectivity index (χ3v) is 1.64. The predicted molar refractivity (Wildman–Crippen MR) is 42.0 cm³/mol. The van der Waals surface area contributed by atoms with Crippen LogP contribution in [0.2, 0.25) is 0 Å². The van der Waals surface area contributed by atoms with Gasteiger partial charge in [0.2, 0.25) is 0 Å². The third-order valence-electron chi connectivity index (χ3n) is 1.64. The highest BCUT2D eigenvalue weighted by molar-refractivity contribution is 5.19.